The lowest BCUT2D eigenvalue weighted by Crippen LogP contribution is -1.95. The van der Waals surface area contributed by atoms with Crippen LogP contribution in [0.3, 0.4) is 0 Å². The Morgan fingerprint density at radius 2 is 2.00 bits per heavy atom. The van der Waals surface area contributed by atoms with E-state index in [1.54, 1.807) is 11.3 Å². The van der Waals surface area contributed by atoms with Gasteiger partial charge in [-0.05, 0) is 49.2 Å². The number of aromatic nitrogens is 1. The highest BCUT2D eigenvalue weighted by Crippen LogP contribution is 2.31. The summed E-state index contributed by atoms with van der Waals surface area (Å²) in [5, 5.41) is 3.11. The molecule has 3 rings (SSSR count). The molecule has 23 heavy (non-hydrogen) atoms. The van der Waals surface area contributed by atoms with Crippen molar-refractivity contribution in [3.63, 3.8) is 0 Å². The van der Waals surface area contributed by atoms with E-state index < -0.39 is 0 Å². The Hall–Kier alpha value is -2.17. The van der Waals surface area contributed by atoms with Crippen molar-refractivity contribution in [3.8, 4) is 27.6 Å². The molecule has 0 aliphatic rings. The van der Waals surface area contributed by atoms with E-state index in [0.29, 0.717) is 13.2 Å². The molecule has 0 saturated heterocycles. The van der Waals surface area contributed by atoms with Crippen LogP contribution in [0.25, 0.3) is 21.8 Å². The highest BCUT2D eigenvalue weighted by molar-refractivity contribution is 7.13. The molecule has 0 saturated carbocycles. The van der Waals surface area contributed by atoms with Crippen LogP contribution in [-0.4, -0.2) is 11.6 Å². The molecule has 0 spiro atoms. The molecule has 0 aliphatic carbocycles. The number of hydrogen-bond acceptors (Lipinski definition) is 4. The molecule has 3 aromatic rings. The molecule has 0 radical (unpaired) electrons. The second-order valence-electron chi connectivity index (χ2n) is 5.36. The van der Waals surface area contributed by atoms with Gasteiger partial charge in [0.25, 0.3) is 0 Å². The number of ether oxygens (including phenoxy) is 1. The van der Waals surface area contributed by atoms with E-state index in [1.165, 1.54) is 0 Å². The fraction of sp³-hybridized carbons (Fsp3) is 0.211. The van der Waals surface area contributed by atoms with Crippen LogP contribution in [-0.2, 0) is 6.54 Å². The van der Waals surface area contributed by atoms with E-state index in [2.05, 4.69) is 36.6 Å². The molecular weight excluding hydrogens is 304 g/mol. The second-order valence-corrected chi connectivity index (χ2v) is 6.21. The van der Waals surface area contributed by atoms with Crippen molar-refractivity contribution in [3.05, 3.63) is 59.0 Å². The van der Waals surface area contributed by atoms with E-state index in [0.717, 1.165) is 38.7 Å². The van der Waals surface area contributed by atoms with Gasteiger partial charge in [0, 0.05) is 23.1 Å². The van der Waals surface area contributed by atoms with E-state index in [9.17, 15) is 0 Å². The third-order valence-electron chi connectivity index (χ3n) is 3.68. The van der Waals surface area contributed by atoms with Gasteiger partial charge in [0.15, 0.2) is 0 Å². The van der Waals surface area contributed by atoms with Gasteiger partial charge >= 0.3 is 0 Å². The number of thiazole rings is 1. The van der Waals surface area contributed by atoms with Crippen LogP contribution in [0.1, 0.15) is 18.1 Å². The standard InChI is InChI=1S/C19H20N2OS/c1-3-22-18-8-7-15(9-13(18)2)17-12-23-19(21-17)16-6-4-5-14(10-16)11-20/h4-10,12H,3,11,20H2,1-2H3. The van der Waals surface area contributed by atoms with Crippen LogP contribution in [0.5, 0.6) is 5.75 Å². The molecule has 0 amide bonds. The summed E-state index contributed by atoms with van der Waals surface area (Å²) < 4.78 is 5.60. The minimum absolute atomic E-state index is 0.546. The predicted octanol–water partition coefficient (Wildman–Crippen LogP) is 4.64. The number of aryl methyl sites for hydroxylation is 1. The Balaban J connectivity index is 1.91. The van der Waals surface area contributed by atoms with Gasteiger partial charge in [-0.25, -0.2) is 4.98 Å². The first-order valence-corrected chi connectivity index (χ1v) is 8.58. The first-order chi connectivity index (χ1) is 11.2. The van der Waals surface area contributed by atoms with Gasteiger partial charge in [0.2, 0.25) is 0 Å². The maximum absolute atomic E-state index is 5.72. The Morgan fingerprint density at radius 3 is 2.74 bits per heavy atom. The van der Waals surface area contributed by atoms with Crippen molar-refractivity contribution in [2.75, 3.05) is 6.61 Å². The van der Waals surface area contributed by atoms with Crippen molar-refractivity contribution in [1.29, 1.82) is 0 Å². The smallest absolute Gasteiger partial charge is 0.124 e. The zero-order valence-electron chi connectivity index (χ0n) is 13.4. The van der Waals surface area contributed by atoms with Gasteiger partial charge in [-0.3, -0.25) is 0 Å². The van der Waals surface area contributed by atoms with Gasteiger partial charge in [-0.15, -0.1) is 11.3 Å². The average Bonchev–Trinajstić information content (AvgIpc) is 3.07. The molecule has 118 valence electrons. The zero-order valence-corrected chi connectivity index (χ0v) is 14.2. The lowest BCUT2D eigenvalue weighted by Gasteiger charge is -2.07. The fourth-order valence-electron chi connectivity index (χ4n) is 2.50. The molecule has 0 unspecified atom stereocenters. The molecule has 0 aliphatic heterocycles. The first-order valence-electron chi connectivity index (χ1n) is 7.70. The summed E-state index contributed by atoms with van der Waals surface area (Å²) in [6.45, 7) is 5.28. The second kappa shape index (κ2) is 6.94. The highest BCUT2D eigenvalue weighted by atomic mass is 32.1. The number of nitrogens with two attached hydrogens (primary N) is 1. The van der Waals surface area contributed by atoms with E-state index >= 15 is 0 Å². The first kappa shape index (κ1) is 15.7. The number of hydrogen-bond donors (Lipinski definition) is 1. The fourth-order valence-corrected chi connectivity index (χ4v) is 3.32. The summed E-state index contributed by atoms with van der Waals surface area (Å²) in [4.78, 5) is 4.78. The summed E-state index contributed by atoms with van der Waals surface area (Å²) in [6.07, 6.45) is 0. The molecule has 3 nitrogen and oxygen atoms in total. The summed E-state index contributed by atoms with van der Waals surface area (Å²) in [7, 11) is 0. The molecule has 2 N–H and O–H groups in total. The summed E-state index contributed by atoms with van der Waals surface area (Å²) in [5.41, 5.74) is 11.2. The van der Waals surface area contributed by atoms with Gasteiger partial charge < -0.3 is 10.5 Å². The molecule has 1 aromatic heterocycles. The van der Waals surface area contributed by atoms with Crippen LogP contribution in [0.15, 0.2) is 47.8 Å². The van der Waals surface area contributed by atoms with Gasteiger partial charge in [-0.1, -0.05) is 18.2 Å². The Labute approximate surface area is 140 Å². The van der Waals surface area contributed by atoms with Crippen molar-refractivity contribution in [2.24, 2.45) is 5.73 Å². The lowest BCUT2D eigenvalue weighted by atomic mass is 10.1. The van der Waals surface area contributed by atoms with Crippen LogP contribution in [0, 0.1) is 6.92 Å². The molecular formula is C19H20N2OS. The third kappa shape index (κ3) is 3.44. The molecule has 0 fully saturated rings. The van der Waals surface area contributed by atoms with E-state index in [4.69, 9.17) is 15.5 Å². The quantitative estimate of drug-likeness (QED) is 0.743. The average molecular weight is 324 g/mol. The predicted molar refractivity (Wildman–Crippen MR) is 96.8 cm³/mol. The van der Waals surface area contributed by atoms with Gasteiger partial charge in [0.1, 0.15) is 10.8 Å². The summed E-state index contributed by atoms with van der Waals surface area (Å²) in [6, 6.07) is 14.4. The highest BCUT2D eigenvalue weighted by Gasteiger charge is 2.09. The number of rotatable bonds is 5. The third-order valence-corrected chi connectivity index (χ3v) is 4.58. The van der Waals surface area contributed by atoms with Crippen LogP contribution in [0.2, 0.25) is 0 Å². The topological polar surface area (TPSA) is 48.1 Å². The van der Waals surface area contributed by atoms with Crippen LogP contribution >= 0.6 is 11.3 Å². The molecule has 0 atom stereocenters. The Morgan fingerprint density at radius 1 is 1.13 bits per heavy atom. The van der Waals surface area contributed by atoms with Crippen LogP contribution in [0.4, 0.5) is 0 Å². The van der Waals surface area contributed by atoms with Crippen LogP contribution < -0.4 is 10.5 Å². The molecule has 0 bridgehead atoms. The van der Waals surface area contributed by atoms with Gasteiger partial charge in [0.05, 0.1) is 12.3 Å². The van der Waals surface area contributed by atoms with E-state index in [1.807, 2.05) is 25.1 Å². The summed E-state index contributed by atoms with van der Waals surface area (Å²) in [5.74, 6) is 0.933. The maximum atomic E-state index is 5.72. The zero-order chi connectivity index (χ0) is 16.2. The maximum Gasteiger partial charge on any atom is 0.124 e. The normalized spacial score (nSPS) is 10.7. The number of nitrogens with zero attached hydrogens (tertiary/aromatic N) is 1. The minimum atomic E-state index is 0.546. The Kier molecular flexibility index (Phi) is 4.74. The van der Waals surface area contributed by atoms with Crippen molar-refractivity contribution >= 4 is 11.3 Å². The summed E-state index contributed by atoms with van der Waals surface area (Å²) >= 11 is 1.65. The minimum Gasteiger partial charge on any atom is -0.494 e. The van der Waals surface area contributed by atoms with Crippen molar-refractivity contribution in [2.45, 2.75) is 20.4 Å². The molecule has 4 heteroatoms. The van der Waals surface area contributed by atoms with Crippen molar-refractivity contribution < 1.29 is 4.74 Å². The molecule has 1 heterocycles. The number of benzene rings is 2. The van der Waals surface area contributed by atoms with Gasteiger partial charge in [-0.2, -0.15) is 0 Å². The van der Waals surface area contributed by atoms with E-state index in [-0.39, 0.29) is 0 Å². The van der Waals surface area contributed by atoms with Crippen molar-refractivity contribution in [1.82, 2.24) is 4.98 Å². The SMILES string of the molecule is CCOc1ccc(-c2csc(-c3cccc(CN)c3)n2)cc1C. The molecule has 2 aromatic carbocycles. The lowest BCUT2D eigenvalue weighted by molar-refractivity contribution is 0.338. The largest absolute Gasteiger partial charge is 0.494 e. The Bertz CT molecular complexity index is 811. The monoisotopic (exact) mass is 324 g/mol.